The largest absolute Gasteiger partial charge is 0.496 e. The predicted molar refractivity (Wildman–Crippen MR) is 77.0 cm³/mol. The molecule has 4 heteroatoms. The van der Waals surface area contributed by atoms with Gasteiger partial charge in [-0.2, -0.15) is 0 Å². The number of para-hydroxylation sites is 1. The van der Waals surface area contributed by atoms with Crippen molar-refractivity contribution in [2.24, 2.45) is 11.7 Å². The third kappa shape index (κ3) is 4.24. The number of carbonyl (C=O) groups excluding carboxylic acids is 1. The summed E-state index contributed by atoms with van der Waals surface area (Å²) in [6.07, 6.45) is 1.78. The lowest BCUT2D eigenvalue weighted by atomic mass is 10.0. The molecule has 1 amide bonds. The number of carbonyl (C=O) groups is 1. The van der Waals surface area contributed by atoms with Crippen molar-refractivity contribution in [2.75, 3.05) is 13.7 Å². The molecule has 1 aromatic rings. The van der Waals surface area contributed by atoms with E-state index in [0.29, 0.717) is 6.54 Å². The van der Waals surface area contributed by atoms with Crippen molar-refractivity contribution in [3.8, 4) is 5.75 Å². The molecule has 3 N–H and O–H groups in total. The van der Waals surface area contributed by atoms with E-state index in [4.69, 9.17) is 10.5 Å². The molecule has 1 rings (SSSR count). The van der Waals surface area contributed by atoms with Gasteiger partial charge >= 0.3 is 0 Å². The average Bonchev–Trinajstić information content (AvgIpc) is 2.44. The average molecular weight is 264 g/mol. The Balaban J connectivity index is 2.73. The molecule has 1 aromatic carbocycles. The molecule has 0 saturated heterocycles. The summed E-state index contributed by atoms with van der Waals surface area (Å²) >= 11 is 0. The molecule has 0 bridgehead atoms. The second-order valence-electron chi connectivity index (χ2n) is 4.69. The number of nitrogens with two attached hydrogens (primary N) is 1. The molecule has 0 fully saturated rings. The second-order valence-corrected chi connectivity index (χ2v) is 4.69. The van der Waals surface area contributed by atoms with Gasteiger partial charge in [0, 0.05) is 12.1 Å². The Labute approximate surface area is 115 Å². The fourth-order valence-corrected chi connectivity index (χ4v) is 2.14. The topological polar surface area (TPSA) is 64.4 Å². The third-order valence-corrected chi connectivity index (χ3v) is 3.26. The first-order valence-electron chi connectivity index (χ1n) is 6.77. The van der Waals surface area contributed by atoms with Crippen molar-refractivity contribution < 1.29 is 9.53 Å². The van der Waals surface area contributed by atoms with Gasteiger partial charge in [0.25, 0.3) is 0 Å². The summed E-state index contributed by atoms with van der Waals surface area (Å²) in [6, 6.07) is 7.62. The van der Waals surface area contributed by atoms with E-state index < -0.39 is 0 Å². The van der Waals surface area contributed by atoms with Gasteiger partial charge in [-0.25, -0.2) is 0 Å². The minimum Gasteiger partial charge on any atom is -0.496 e. The molecule has 1 unspecified atom stereocenters. The minimum absolute atomic E-state index is 0.0164. The van der Waals surface area contributed by atoms with Crippen LogP contribution >= 0.6 is 0 Å². The van der Waals surface area contributed by atoms with E-state index in [-0.39, 0.29) is 17.9 Å². The Morgan fingerprint density at radius 1 is 1.42 bits per heavy atom. The number of nitrogens with one attached hydrogen (secondary N) is 1. The first-order chi connectivity index (χ1) is 9.13. The van der Waals surface area contributed by atoms with Crippen LogP contribution in [0.3, 0.4) is 0 Å². The fraction of sp³-hybridized carbons (Fsp3) is 0.533. The summed E-state index contributed by atoms with van der Waals surface area (Å²) in [5, 5.41) is 3.01. The van der Waals surface area contributed by atoms with Gasteiger partial charge in [0.2, 0.25) is 5.91 Å². The molecule has 0 aliphatic heterocycles. The zero-order chi connectivity index (χ0) is 14.3. The molecular weight excluding hydrogens is 240 g/mol. The van der Waals surface area contributed by atoms with Crippen LogP contribution in [0.1, 0.15) is 38.3 Å². The molecule has 19 heavy (non-hydrogen) atoms. The predicted octanol–water partition coefficient (Wildman–Crippen LogP) is 2.25. The first kappa shape index (κ1) is 15.5. The maximum absolute atomic E-state index is 12.1. The summed E-state index contributed by atoms with van der Waals surface area (Å²) < 4.78 is 5.31. The first-order valence-corrected chi connectivity index (χ1v) is 6.77. The van der Waals surface area contributed by atoms with E-state index in [0.717, 1.165) is 24.2 Å². The van der Waals surface area contributed by atoms with Gasteiger partial charge in [-0.1, -0.05) is 31.5 Å². The van der Waals surface area contributed by atoms with Gasteiger partial charge in [-0.05, 0) is 19.4 Å². The SMILES string of the molecule is CCCC(CN)C(=O)N[C@H](C)c1ccccc1OC. The van der Waals surface area contributed by atoms with Gasteiger partial charge in [0.05, 0.1) is 19.1 Å². The number of hydrogen-bond acceptors (Lipinski definition) is 3. The molecule has 0 radical (unpaired) electrons. The summed E-state index contributed by atoms with van der Waals surface area (Å²) in [5.74, 6) is 0.694. The summed E-state index contributed by atoms with van der Waals surface area (Å²) in [5.41, 5.74) is 6.62. The number of methoxy groups -OCH3 is 1. The number of hydrogen-bond donors (Lipinski definition) is 2. The zero-order valence-corrected chi connectivity index (χ0v) is 12.0. The zero-order valence-electron chi connectivity index (χ0n) is 12.0. The van der Waals surface area contributed by atoms with Crippen molar-refractivity contribution in [3.05, 3.63) is 29.8 Å². The number of benzene rings is 1. The molecule has 0 aromatic heterocycles. The molecule has 2 atom stereocenters. The standard InChI is InChI=1S/C15H24N2O2/c1-4-7-12(10-16)15(18)17-11(2)13-8-5-6-9-14(13)19-3/h5-6,8-9,11-12H,4,7,10,16H2,1-3H3,(H,17,18)/t11-,12?/m1/s1. The second kappa shape index (κ2) is 7.79. The van der Waals surface area contributed by atoms with Crippen LogP contribution < -0.4 is 15.8 Å². The highest BCUT2D eigenvalue weighted by Crippen LogP contribution is 2.24. The maximum atomic E-state index is 12.1. The van der Waals surface area contributed by atoms with Crippen molar-refractivity contribution >= 4 is 5.91 Å². The van der Waals surface area contributed by atoms with E-state index in [9.17, 15) is 4.79 Å². The van der Waals surface area contributed by atoms with Crippen LogP contribution in [0.15, 0.2) is 24.3 Å². The van der Waals surface area contributed by atoms with Crippen molar-refractivity contribution in [2.45, 2.75) is 32.7 Å². The lowest BCUT2D eigenvalue weighted by Gasteiger charge is -2.20. The molecule has 4 nitrogen and oxygen atoms in total. The monoisotopic (exact) mass is 264 g/mol. The lowest BCUT2D eigenvalue weighted by molar-refractivity contribution is -0.125. The van der Waals surface area contributed by atoms with Gasteiger partial charge in [-0.3, -0.25) is 4.79 Å². The van der Waals surface area contributed by atoms with Gasteiger partial charge < -0.3 is 15.8 Å². The van der Waals surface area contributed by atoms with Gasteiger partial charge in [0.15, 0.2) is 0 Å². The highest BCUT2D eigenvalue weighted by Gasteiger charge is 2.19. The van der Waals surface area contributed by atoms with Gasteiger partial charge in [-0.15, -0.1) is 0 Å². The summed E-state index contributed by atoms with van der Waals surface area (Å²) in [6.45, 7) is 4.40. The van der Waals surface area contributed by atoms with Crippen LogP contribution in [0, 0.1) is 5.92 Å². The number of amides is 1. The molecule has 0 aliphatic carbocycles. The molecule has 0 heterocycles. The van der Waals surface area contributed by atoms with E-state index >= 15 is 0 Å². The van der Waals surface area contributed by atoms with Crippen molar-refractivity contribution in [1.29, 1.82) is 0 Å². The Bertz CT molecular complexity index is 407. The number of ether oxygens (including phenoxy) is 1. The highest BCUT2D eigenvalue weighted by atomic mass is 16.5. The van der Waals surface area contributed by atoms with Crippen molar-refractivity contribution in [3.63, 3.8) is 0 Å². The van der Waals surface area contributed by atoms with E-state index in [1.165, 1.54) is 0 Å². The lowest BCUT2D eigenvalue weighted by Crippen LogP contribution is -2.36. The smallest absolute Gasteiger partial charge is 0.224 e. The van der Waals surface area contributed by atoms with Crippen molar-refractivity contribution in [1.82, 2.24) is 5.32 Å². The highest BCUT2D eigenvalue weighted by molar-refractivity contribution is 5.79. The van der Waals surface area contributed by atoms with E-state index in [1.54, 1.807) is 7.11 Å². The quantitative estimate of drug-likeness (QED) is 0.794. The molecular formula is C15H24N2O2. The molecule has 0 spiro atoms. The van der Waals surface area contributed by atoms with Gasteiger partial charge in [0.1, 0.15) is 5.75 Å². The minimum atomic E-state index is -0.109. The van der Waals surface area contributed by atoms with Crippen LogP contribution in [0.2, 0.25) is 0 Å². The molecule has 106 valence electrons. The normalized spacial score (nSPS) is 13.7. The molecule has 0 aliphatic rings. The van der Waals surface area contributed by atoms with E-state index in [1.807, 2.05) is 31.2 Å². The Morgan fingerprint density at radius 3 is 2.68 bits per heavy atom. The van der Waals surface area contributed by atoms with Crippen LogP contribution in [0.4, 0.5) is 0 Å². The summed E-state index contributed by atoms with van der Waals surface area (Å²) in [4.78, 5) is 12.1. The Kier molecular flexibility index (Phi) is 6.36. The van der Waals surface area contributed by atoms with Crippen LogP contribution in [0.5, 0.6) is 5.75 Å². The fourth-order valence-electron chi connectivity index (χ4n) is 2.14. The van der Waals surface area contributed by atoms with E-state index in [2.05, 4.69) is 12.2 Å². The maximum Gasteiger partial charge on any atom is 0.224 e. The van der Waals surface area contributed by atoms with Crippen LogP contribution in [-0.2, 0) is 4.79 Å². The Morgan fingerprint density at radius 2 is 2.11 bits per heavy atom. The summed E-state index contributed by atoms with van der Waals surface area (Å²) in [7, 11) is 1.63. The number of rotatable bonds is 7. The Hall–Kier alpha value is -1.55. The molecule has 0 saturated carbocycles. The van der Waals surface area contributed by atoms with Crippen LogP contribution in [-0.4, -0.2) is 19.6 Å². The van der Waals surface area contributed by atoms with Crippen LogP contribution in [0.25, 0.3) is 0 Å². The third-order valence-electron chi connectivity index (χ3n) is 3.26.